The lowest BCUT2D eigenvalue weighted by molar-refractivity contribution is 0.275. The predicted octanol–water partition coefficient (Wildman–Crippen LogP) is 3.59. The van der Waals surface area contributed by atoms with Crippen LogP contribution in [0.5, 0.6) is 0 Å². The van der Waals surface area contributed by atoms with Crippen molar-refractivity contribution in [2.45, 2.75) is 26.1 Å². The third kappa shape index (κ3) is 3.64. The molecule has 2 N–H and O–H groups in total. The molecule has 2 aromatic rings. The number of benzene rings is 2. The minimum absolute atomic E-state index is 0.172. The molecule has 6 heteroatoms. The van der Waals surface area contributed by atoms with Crippen molar-refractivity contribution in [3.8, 4) is 0 Å². The Morgan fingerprint density at radius 2 is 1.64 bits per heavy atom. The molecule has 0 fully saturated rings. The van der Waals surface area contributed by atoms with E-state index in [1.54, 1.807) is 13.0 Å². The molecule has 0 aliphatic carbocycles. The van der Waals surface area contributed by atoms with Crippen molar-refractivity contribution in [3.05, 3.63) is 70.3 Å². The average molecular weight is 313 g/mol. The Bertz CT molecular complexity index is 652. The van der Waals surface area contributed by atoms with Crippen molar-refractivity contribution in [3.63, 3.8) is 0 Å². The highest BCUT2D eigenvalue weighted by Crippen LogP contribution is 2.20. The molecule has 0 saturated heterocycles. The first-order valence-corrected chi connectivity index (χ1v) is 6.68. The van der Waals surface area contributed by atoms with Crippen molar-refractivity contribution in [1.82, 2.24) is 5.32 Å². The van der Waals surface area contributed by atoms with Crippen LogP contribution in [0, 0.1) is 23.3 Å². The van der Waals surface area contributed by atoms with Gasteiger partial charge in [0.05, 0.1) is 6.61 Å². The van der Waals surface area contributed by atoms with E-state index < -0.39 is 35.9 Å². The normalized spacial score (nSPS) is 12.5. The van der Waals surface area contributed by atoms with Gasteiger partial charge in [0.15, 0.2) is 17.5 Å². The van der Waals surface area contributed by atoms with E-state index in [0.29, 0.717) is 12.1 Å². The number of rotatable bonds is 5. The summed E-state index contributed by atoms with van der Waals surface area (Å²) in [5.41, 5.74) is 1.15. The zero-order valence-corrected chi connectivity index (χ0v) is 11.8. The fourth-order valence-electron chi connectivity index (χ4n) is 2.07. The highest BCUT2D eigenvalue weighted by atomic mass is 19.2. The smallest absolute Gasteiger partial charge is 0.194 e. The molecule has 2 aromatic carbocycles. The van der Waals surface area contributed by atoms with Crippen LogP contribution in [0.3, 0.4) is 0 Å². The van der Waals surface area contributed by atoms with E-state index in [2.05, 4.69) is 5.32 Å². The van der Waals surface area contributed by atoms with Crippen LogP contribution < -0.4 is 5.32 Å². The SMILES string of the molecule is CC(NCc1ccc(F)c(CO)c1)c1cc(F)c(F)c(F)c1. The van der Waals surface area contributed by atoms with Crippen LogP contribution in [0.4, 0.5) is 17.6 Å². The van der Waals surface area contributed by atoms with Gasteiger partial charge in [-0.25, -0.2) is 17.6 Å². The lowest BCUT2D eigenvalue weighted by Crippen LogP contribution is -2.19. The van der Waals surface area contributed by atoms with Crippen LogP contribution in [0.1, 0.15) is 29.7 Å². The van der Waals surface area contributed by atoms with Crippen molar-refractivity contribution in [1.29, 1.82) is 0 Å². The van der Waals surface area contributed by atoms with Gasteiger partial charge in [0.25, 0.3) is 0 Å². The van der Waals surface area contributed by atoms with Gasteiger partial charge < -0.3 is 10.4 Å². The molecule has 1 atom stereocenters. The number of aliphatic hydroxyl groups excluding tert-OH is 1. The molecular formula is C16H15F4NO. The van der Waals surface area contributed by atoms with E-state index >= 15 is 0 Å². The lowest BCUT2D eigenvalue weighted by Gasteiger charge is -2.15. The van der Waals surface area contributed by atoms with Gasteiger partial charge >= 0.3 is 0 Å². The van der Waals surface area contributed by atoms with Gasteiger partial charge in [0, 0.05) is 18.2 Å². The van der Waals surface area contributed by atoms with Crippen LogP contribution in [-0.4, -0.2) is 5.11 Å². The van der Waals surface area contributed by atoms with Crippen molar-refractivity contribution in [2.75, 3.05) is 0 Å². The summed E-state index contributed by atoms with van der Waals surface area (Å²) in [4.78, 5) is 0. The Morgan fingerprint density at radius 1 is 1.00 bits per heavy atom. The summed E-state index contributed by atoms with van der Waals surface area (Å²) in [6.07, 6.45) is 0. The second-order valence-corrected chi connectivity index (χ2v) is 4.98. The number of halogens is 4. The Balaban J connectivity index is 2.08. The van der Waals surface area contributed by atoms with Gasteiger partial charge in [-0.05, 0) is 42.3 Å². The largest absolute Gasteiger partial charge is 0.392 e. The van der Waals surface area contributed by atoms with Gasteiger partial charge in [0.1, 0.15) is 5.82 Å². The fraction of sp³-hybridized carbons (Fsp3) is 0.250. The zero-order chi connectivity index (χ0) is 16.3. The maximum absolute atomic E-state index is 13.3. The quantitative estimate of drug-likeness (QED) is 0.653. The maximum atomic E-state index is 13.3. The third-order valence-electron chi connectivity index (χ3n) is 3.40. The van der Waals surface area contributed by atoms with Crippen LogP contribution in [0.25, 0.3) is 0 Å². The molecule has 0 bridgehead atoms. The van der Waals surface area contributed by atoms with Gasteiger partial charge in [-0.2, -0.15) is 0 Å². The van der Waals surface area contributed by atoms with Crippen molar-refractivity contribution in [2.24, 2.45) is 0 Å². The molecule has 2 nitrogen and oxygen atoms in total. The van der Waals surface area contributed by atoms with Crippen LogP contribution >= 0.6 is 0 Å². The Kier molecular flexibility index (Phi) is 5.15. The van der Waals surface area contributed by atoms with E-state index in [9.17, 15) is 17.6 Å². The molecule has 0 amide bonds. The zero-order valence-electron chi connectivity index (χ0n) is 11.8. The Morgan fingerprint density at radius 3 is 2.23 bits per heavy atom. The summed E-state index contributed by atoms with van der Waals surface area (Å²) < 4.78 is 52.6. The first-order chi connectivity index (χ1) is 10.4. The molecule has 0 aliphatic heterocycles. The number of aliphatic hydroxyl groups is 1. The average Bonchev–Trinajstić information content (AvgIpc) is 2.50. The summed E-state index contributed by atoms with van der Waals surface area (Å²) in [6, 6.07) is 5.71. The van der Waals surface area contributed by atoms with Gasteiger partial charge in [-0.1, -0.05) is 6.07 Å². The van der Waals surface area contributed by atoms with Gasteiger partial charge in [-0.3, -0.25) is 0 Å². The topological polar surface area (TPSA) is 32.3 Å². The summed E-state index contributed by atoms with van der Waals surface area (Å²) >= 11 is 0. The standard InChI is InChI=1S/C16H15F4NO/c1-9(11-5-14(18)16(20)15(19)6-11)21-7-10-2-3-13(17)12(4-10)8-22/h2-6,9,21-22H,7-8H2,1H3. The van der Waals surface area contributed by atoms with Crippen LogP contribution in [-0.2, 0) is 13.2 Å². The Hall–Kier alpha value is -1.92. The number of hydrogen-bond donors (Lipinski definition) is 2. The number of hydrogen-bond acceptors (Lipinski definition) is 2. The molecular weight excluding hydrogens is 298 g/mol. The molecule has 0 aromatic heterocycles. The highest BCUT2D eigenvalue weighted by Gasteiger charge is 2.14. The molecule has 0 saturated carbocycles. The van der Waals surface area contributed by atoms with E-state index in [1.807, 2.05) is 0 Å². The van der Waals surface area contributed by atoms with Gasteiger partial charge in [0.2, 0.25) is 0 Å². The van der Waals surface area contributed by atoms with E-state index in [4.69, 9.17) is 5.11 Å². The van der Waals surface area contributed by atoms with Crippen molar-refractivity contribution >= 4 is 0 Å². The third-order valence-corrected chi connectivity index (χ3v) is 3.40. The molecule has 22 heavy (non-hydrogen) atoms. The molecule has 118 valence electrons. The second-order valence-electron chi connectivity index (χ2n) is 4.98. The molecule has 1 unspecified atom stereocenters. The first kappa shape index (κ1) is 16.5. The maximum Gasteiger partial charge on any atom is 0.194 e. The monoisotopic (exact) mass is 313 g/mol. The van der Waals surface area contributed by atoms with Crippen molar-refractivity contribution < 1.29 is 22.7 Å². The fourth-order valence-corrected chi connectivity index (χ4v) is 2.07. The summed E-state index contributed by atoms with van der Waals surface area (Å²) in [5.74, 6) is -4.48. The van der Waals surface area contributed by atoms with Crippen LogP contribution in [0.15, 0.2) is 30.3 Å². The van der Waals surface area contributed by atoms with Gasteiger partial charge in [-0.15, -0.1) is 0 Å². The number of nitrogens with one attached hydrogen (secondary N) is 1. The summed E-state index contributed by atoms with van der Waals surface area (Å²) in [6.45, 7) is 1.56. The predicted molar refractivity (Wildman–Crippen MR) is 73.9 cm³/mol. The molecule has 0 heterocycles. The second kappa shape index (κ2) is 6.89. The Labute approximate surface area is 125 Å². The summed E-state index contributed by atoms with van der Waals surface area (Å²) in [7, 11) is 0. The molecule has 0 aliphatic rings. The minimum Gasteiger partial charge on any atom is -0.392 e. The van der Waals surface area contributed by atoms with E-state index in [1.165, 1.54) is 12.1 Å². The minimum atomic E-state index is -1.50. The van der Waals surface area contributed by atoms with E-state index in [-0.39, 0.29) is 11.1 Å². The van der Waals surface area contributed by atoms with E-state index in [0.717, 1.165) is 12.1 Å². The summed E-state index contributed by atoms with van der Waals surface area (Å²) in [5, 5.41) is 12.0. The molecule has 0 radical (unpaired) electrons. The molecule has 0 spiro atoms. The molecule has 2 rings (SSSR count). The highest BCUT2D eigenvalue weighted by molar-refractivity contribution is 5.26. The van der Waals surface area contributed by atoms with Crippen LogP contribution in [0.2, 0.25) is 0 Å². The first-order valence-electron chi connectivity index (χ1n) is 6.68. The lowest BCUT2D eigenvalue weighted by atomic mass is 10.1.